The number of rotatable bonds is 5. The molecule has 0 radical (unpaired) electrons. The average Bonchev–Trinajstić information content (AvgIpc) is 2.99. The fourth-order valence-corrected chi connectivity index (χ4v) is 5.28. The molecule has 2 aliphatic rings. The number of sulfone groups is 1. The number of piperidine rings is 1. The van der Waals surface area contributed by atoms with Crippen LogP contribution in [-0.2, 0) is 16.4 Å². The zero-order valence-electron chi connectivity index (χ0n) is 16.2. The topological polar surface area (TPSA) is 94.0 Å². The van der Waals surface area contributed by atoms with E-state index in [0.717, 1.165) is 5.56 Å². The van der Waals surface area contributed by atoms with Gasteiger partial charge in [-0.1, -0.05) is 6.07 Å². The van der Waals surface area contributed by atoms with E-state index in [1.54, 1.807) is 6.07 Å². The van der Waals surface area contributed by atoms with Crippen molar-refractivity contribution in [3.8, 4) is 0 Å². The summed E-state index contributed by atoms with van der Waals surface area (Å²) >= 11 is 0. The number of guanidine groups is 1. The lowest BCUT2D eigenvalue weighted by Crippen LogP contribution is -2.44. The summed E-state index contributed by atoms with van der Waals surface area (Å²) in [7, 11) is -2.96. The molecule has 3 rings (SSSR count). The van der Waals surface area contributed by atoms with Gasteiger partial charge in [0.1, 0.15) is 5.82 Å². The van der Waals surface area contributed by atoms with Gasteiger partial charge in [-0.3, -0.25) is 0 Å². The van der Waals surface area contributed by atoms with E-state index in [2.05, 4.69) is 15.6 Å². The number of hydrogen-bond donors (Lipinski definition) is 3. The second-order valence-corrected chi connectivity index (χ2v) is 9.67. The molecule has 0 bridgehead atoms. The maximum atomic E-state index is 14.6. The fourth-order valence-electron chi connectivity index (χ4n) is 3.60. The highest BCUT2D eigenvalue weighted by molar-refractivity contribution is 7.91. The highest BCUT2D eigenvalue weighted by Crippen LogP contribution is 2.24. The molecule has 1 aromatic rings. The molecule has 2 heterocycles. The maximum absolute atomic E-state index is 14.6. The smallest absolute Gasteiger partial charge is 0.191 e. The van der Waals surface area contributed by atoms with E-state index in [-0.39, 0.29) is 29.5 Å². The van der Waals surface area contributed by atoms with Gasteiger partial charge in [0.25, 0.3) is 0 Å². The Morgan fingerprint density at radius 1 is 1.32 bits per heavy atom. The van der Waals surface area contributed by atoms with Gasteiger partial charge < -0.3 is 20.6 Å². The molecule has 0 aliphatic carbocycles. The number of aliphatic imine (C=N–C) groups is 1. The van der Waals surface area contributed by atoms with Gasteiger partial charge in [0.2, 0.25) is 0 Å². The van der Waals surface area contributed by atoms with E-state index in [9.17, 15) is 17.9 Å². The van der Waals surface area contributed by atoms with E-state index in [1.807, 2.05) is 17.9 Å². The Bertz CT molecular complexity index is 807. The monoisotopic (exact) mass is 412 g/mol. The molecule has 0 amide bonds. The molecule has 7 nitrogen and oxygen atoms in total. The number of halogens is 1. The second-order valence-electron chi connectivity index (χ2n) is 7.44. The number of nitrogens with zero attached hydrogens (tertiary/aromatic N) is 2. The van der Waals surface area contributed by atoms with E-state index in [4.69, 9.17) is 0 Å². The Kier molecular flexibility index (Phi) is 6.77. The van der Waals surface area contributed by atoms with Crippen LogP contribution >= 0.6 is 0 Å². The van der Waals surface area contributed by atoms with Crippen LogP contribution < -0.4 is 15.5 Å². The largest absolute Gasteiger partial charge is 0.393 e. The van der Waals surface area contributed by atoms with Crippen LogP contribution in [0.3, 0.4) is 0 Å². The van der Waals surface area contributed by atoms with Gasteiger partial charge in [0.15, 0.2) is 15.8 Å². The van der Waals surface area contributed by atoms with Crippen molar-refractivity contribution >= 4 is 21.5 Å². The van der Waals surface area contributed by atoms with Crippen LogP contribution in [0.4, 0.5) is 10.1 Å². The van der Waals surface area contributed by atoms with Crippen molar-refractivity contribution in [3.05, 3.63) is 29.6 Å². The van der Waals surface area contributed by atoms with Crippen molar-refractivity contribution < 1.29 is 17.9 Å². The summed E-state index contributed by atoms with van der Waals surface area (Å²) in [4.78, 5) is 6.43. The predicted octanol–water partition coefficient (Wildman–Crippen LogP) is 1.03. The van der Waals surface area contributed by atoms with Gasteiger partial charge in [0, 0.05) is 25.7 Å². The van der Waals surface area contributed by atoms with Crippen molar-refractivity contribution in [2.75, 3.05) is 36.0 Å². The summed E-state index contributed by atoms with van der Waals surface area (Å²) in [6, 6.07) is 4.97. The van der Waals surface area contributed by atoms with Crippen molar-refractivity contribution in [3.63, 3.8) is 0 Å². The number of aliphatic hydroxyl groups excluding tert-OH is 1. The molecule has 0 aromatic heterocycles. The van der Waals surface area contributed by atoms with Crippen molar-refractivity contribution in [1.82, 2.24) is 10.6 Å². The minimum atomic E-state index is -2.96. The SMILES string of the molecule is CCNC(=NCc1ccc(N2CCC(O)CC2)c(F)c1)NC1CCS(=O)(=O)C1. The molecule has 28 heavy (non-hydrogen) atoms. The van der Waals surface area contributed by atoms with E-state index in [0.29, 0.717) is 57.1 Å². The van der Waals surface area contributed by atoms with Crippen LogP contribution in [0.15, 0.2) is 23.2 Å². The molecule has 2 aliphatic heterocycles. The molecule has 156 valence electrons. The molecule has 2 saturated heterocycles. The molecule has 3 N–H and O–H groups in total. The quantitative estimate of drug-likeness (QED) is 0.494. The van der Waals surface area contributed by atoms with Gasteiger partial charge >= 0.3 is 0 Å². The first-order valence-corrected chi connectivity index (χ1v) is 11.6. The average molecular weight is 413 g/mol. The molecular weight excluding hydrogens is 383 g/mol. The summed E-state index contributed by atoms with van der Waals surface area (Å²) in [6.45, 7) is 4.18. The number of hydrogen-bond acceptors (Lipinski definition) is 5. The van der Waals surface area contributed by atoms with E-state index >= 15 is 0 Å². The Hall–Kier alpha value is -1.87. The normalized spacial score (nSPS) is 23.0. The van der Waals surface area contributed by atoms with Crippen LogP contribution in [-0.4, -0.2) is 62.8 Å². The second kappa shape index (κ2) is 9.09. The van der Waals surface area contributed by atoms with Crippen molar-refractivity contribution in [2.45, 2.75) is 44.9 Å². The molecule has 1 unspecified atom stereocenters. The standard InChI is InChI=1S/C19H29FN4O3S/c1-2-21-19(23-15-7-10-28(26,27)13-15)22-12-14-3-4-18(17(20)11-14)24-8-5-16(25)6-9-24/h3-4,11,15-16,25H,2,5-10,12-13H2,1H3,(H2,21,22,23). The van der Waals surface area contributed by atoms with Crippen LogP contribution in [0.5, 0.6) is 0 Å². The van der Waals surface area contributed by atoms with Crippen LogP contribution in [0.25, 0.3) is 0 Å². The Balaban J connectivity index is 1.63. The lowest BCUT2D eigenvalue weighted by Gasteiger charge is -2.31. The minimum absolute atomic E-state index is 0.116. The number of aliphatic hydroxyl groups is 1. The molecule has 2 fully saturated rings. The first-order chi connectivity index (χ1) is 13.4. The van der Waals surface area contributed by atoms with E-state index in [1.165, 1.54) is 6.07 Å². The Labute approximate surface area is 166 Å². The number of benzene rings is 1. The van der Waals surface area contributed by atoms with Gasteiger partial charge in [0.05, 0.1) is 29.8 Å². The van der Waals surface area contributed by atoms with Crippen LogP contribution in [0.1, 0.15) is 31.7 Å². The maximum Gasteiger partial charge on any atom is 0.191 e. The zero-order chi connectivity index (χ0) is 20.1. The number of nitrogens with one attached hydrogen (secondary N) is 2. The first kappa shape index (κ1) is 20.9. The molecule has 1 atom stereocenters. The summed E-state index contributed by atoms with van der Waals surface area (Å²) in [5.74, 6) is 0.568. The molecular formula is C19H29FN4O3S. The summed E-state index contributed by atoms with van der Waals surface area (Å²) < 4.78 is 37.8. The summed E-state index contributed by atoms with van der Waals surface area (Å²) in [5, 5.41) is 15.9. The lowest BCUT2D eigenvalue weighted by molar-refractivity contribution is 0.145. The molecule has 0 spiro atoms. The third kappa shape index (κ3) is 5.57. The summed E-state index contributed by atoms with van der Waals surface area (Å²) in [6.07, 6.45) is 1.58. The predicted molar refractivity (Wildman–Crippen MR) is 109 cm³/mol. The molecule has 9 heteroatoms. The van der Waals surface area contributed by atoms with Gasteiger partial charge in [-0.2, -0.15) is 0 Å². The first-order valence-electron chi connectivity index (χ1n) is 9.83. The van der Waals surface area contributed by atoms with Crippen molar-refractivity contribution in [1.29, 1.82) is 0 Å². The summed E-state index contributed by atoms with van der Waals surface area (Å²) in [5.41, 5.74) is 1.30. The zero-order valence-corrected chi connectivity index (χ0v) is 17.0. The Morgan fingerprint density at radius 2 is 2.07 bits per heavy atom. The van der Waals surface area contributed by atoms with Crippen molar-refractivity contribution in [2.24, 2.45) is 4.99 Å². The molecule has 0 saturated carbocycles. The third-order valence-corrected chi connectivity index (χ3v) is 6.92. The van der Waals surface area contributed by atoms with Crippen LogP contribution in [0, 0.1) is 5.82 Å². The third-order valence-electron chi connectivity index (χ3n) is 5.15. The highest BCUT2D eigenvalue weighted by Gasteiger charge is 2.28. The van der Waals surface area contributed by atoms with E-state index < -0.39 is 9.84 Å². The lowest BCUT2D eigenvalue weighted by atomic mass is 10.1. The number of anilines is 1. The van der Waals surface area contributed by atoms with Crippen LogP contribution in [0.2, 0.25) is 0 Å². The van der Waals surface area contributed by atoms with Gasteiger partial charge in [-0.15, -0.1) is 0 Å². The van der Waals surface area contributed by atoms with Gasteiger partial charge in [-0.05, 0) is 43.9 Å². The highest BCUT2D eigenvalue weighted by atomic mass is 32.2. The van der Waals surface area contributed by atoms with Gasteiger partial charge in [-0.25, -0.2) is 17.8 Å². The minimum Gasteiger partial charge on any atom is -0.393 e. The molecule has 1 aromatic carbocycles. The fraction of sp³-hybridized carbons (Fsp3) is 0.632. The Morgan fingerprint density at radius 3 is 2.68 bits per heavy atom.